The van der Waals surface area contributed by atoms with E-state index in [4.69, 9.17) is 4.74 Å². The van der Waals surface area contributed by atoms with Crippen LogP contribution in [-0.2, 0) is 9.53 Å². The maximum atomic E-state index is 11.5. The fourth-order valence-electron chi connectivity index (χ4n) is 2.20. The van der Waals surface area contributed by atoms with Crippen molar-refractivity contribution in [2.24, 2.45) is 11.3 Å². The Bertz CT molecular complexity index is 421. The number of hydrogen-bond acceptors (Lipinski definition) is 2. The van der Waals surface area contributed by atoms with Crippen LogP contribution >= 0.6 is 0 Å². The first kappa shape index (κ1) is 8.72. The van der Waals surface area contributed by atoms with Crippen LogP contribution in [0.25, 0.3) is 6.08 Å². The summed E-state index contributed by atoms with van der Waals surface area (Å²) in [5.74, 6) is 0.393. The molecule has 2 fully saturated rings. The van der Waals surface area contributed by atoms with E-state index < -0.39 is 0 Å². The second-order valence-electron chi connectivity index (χ2n) is 4.28. The zero-order valence-corrected chi connectivity index (χ0v) is 8.35. The molecule has 2 aliphatic rings. The van der Waals surface area contributed by atoms with Crippen LogP contribution in [0.15, 0.2) is 36.4 Å². The third kappa shape index (κ3) is 1.29. The van der Waals surface area contributed by atoms with Gasteiger partial charge in [-0.05, 0) is 12.0 Å². The number of carbonyl (C=O) groups is 1. The summed E-state index contributed by atoms with van der Waals surface area (Å²) < 4.78 is 5.02. The Labute approximate surface area is 88.6 Å². The molecule has 1 aromatic rings. The quantitative estimate of drug-likeness (QED) is 0.684. The number of fused-ring (bicyclic) bond motifs is 1. The summed E-state index contributed by atoms with van der Waals surface area (Å²) in [6, 6.07) is 10.0. The predicted molar refractivity (Wildman–Crippen MR) is 57.0 cm³/mol. The van der Waals surface area contributed by atoms with Crippen molar-refractivity contribution in [1.82, 2.24) is 0 Å². The molecule has 0 spiro atoms. The molecule has 0 bridgehead atoms. The molecule has 1 aliphatic heterocycles. The lowest BCUT2D eigenvalue weighted by Crippen LogP contribution is -2.10. The molecule has 0 unspecified atom stereocenters. The number of hydrogen-bond donors (Lipinski definition) is 0. The van der Waals surface area contributed by atoms with Crippen molar-refractivity contribution >= 4 is 12.0 Å². The standard InChI is InChI=1S/C13H12O2/c14-12-13(8-11(13)9-15-12)7-6-10-4-2-1-3-5-10/h1-7,11H,8-9H2/b7-6+/t11-,13-/m0/s1. The van der Waals surface area contributed by atoms with Crippen molar-refractivity contribution in [3.63, 3.8) is 0 Å². The summed E-state index contributed by atoms with van der Waals surface area (Å²) in [5.41, 5.74) is 0.868. The van der Waals surface area contributed by atoms with Gasteiger partial charge in [0.05, 0.1) is 12.0 Å². The van der Waals surface area contributed by atoms with Gasteiger partial charge in [0.1, 0.15) is 0 Å². The predicted octanol–water partition coefficient (Wildman–Crippen LogP) is 2.26. The molecule has 0 N–H and O–H groups in total. The minimum absolute atomic E-state index is 0.0420. The number of esters is 1. The lowest BCUT2D eigenvalue weighted by atomic mass is 10.0. The van der Waals surface area contributed by atoms with E-state index in [0.717, 1.165) is 12.0 Å². The van der Waals surface area contributed by atoms with E-state index in [1.54, 1.807) is 0 Å². The van der Waals surface area contributed by atoms with Gasteiger partial charge in [-0.2, -0.15) is 0 Å². The van der Waals surface area contributed by atoms with Gasteiger partial charge in [0, 0.05) is 5.92 Å². The van der Waals surface area contributed by atoms with Crippen LogP contribution in [0.1, 0.15) is 12.0 Å². The van der Waals surface area contributed by atoms with Gasteiger partial charge in [-0.1, -0.05) is 42.5 Å². The third-order valence-electron chi connectivity index (χ3n) is 3.32. The Hall–Kier alpha value is -1.57. The molecule has 1 saturated carbocycles. The molecule has 1 aliphatic carbocycles. The number of benzene rings is 1. The molecule has 1 aromatic carbocycles. The van der Waals surface area contributed by atoms with Crippen LogP contribution in [0.5, 0.6) is 0 Å². The van der Waals surface area contributed by atoms with E-state index in [-0.39, 0.29) is 11.4 Å². The van der Waals surface area contributed by atoms with Gasteiger partial charge in [-0.15, -0.1) is 0 Å². The van der Waals surface area contributed by atoms with Crippen molar-refractivity contribution in [2.75, 3.05) is 6.61 Å². The van der Waals surface area contributed by atoms with E-state index in [1.807, 2.05) is 42.5 Å². The minimum Gasteiger partial charge on any atom is -0.465 e. The molecule has 2 atom stereocenters. The second kappa shape index (κ2) is 2.96. The Morgan fingerprint density at radius 3 is 2.73 bits per heavy atom. The number of cyclic esters (lactones) is 1. The van der Waals surface area contributed by atoms with E-state index in [9.17, 15) is 4.79 Å². The van der Waals surface area contributed by atoms with Crippen molar-refractivity contribution in [1.29, 1.82) is 0 Å². The number of ether oxygens (including phenoxy) is 1. The Balaban J connectivity index is 1.82. The lowest BCUT2D eigenvalue weighted by Gasteiger charge is -2.01. The first-order valence-electron chi connectivity index (χ1n) is 5.23. The molecule has 2 heteroatoms. The van der Waals surface area contributed by atoms with Gasteiger partial charge in [0.2, 0.25) is 0 Å². The first-order valence-corrected chi connectivity index (χ1v) is 5.23. The highest BCUT2D eigenvalue weighted by Crippen LogP contribution is 2.58. The highest BCUT2D eigenvalue weighted by atomic mass is 16.5. The summed E-state index contributed by atoms with van der Waals surface area (Å²) in [6.07, 6.45) is 5.00. The Kier molecular flexibility index (Phi) is 1.72. The molecule has 76 valence electrons. The van der Waals surface area contributed by atoms with E-state index in [2.05, 4.69) is 0 Å². The van der Waals surface area contributed by atoms with Gasteiger partial charge < -0.3 is 4.74 Å². The molecule has 0 aromatic heterocycles. The molecule has 3 rings (SSSR count). The van der Waals surface area contributed by atoms with Gasteiger partial charge in [-0.25, -0.2) is 0 Å². The summed E-state index contributed by atoms with van der Waals surface area (Å²) in [6.45, 7) is 0.609. The maximum absolute atomic E-state index is 11.5. The molecule has 1 saturated heterocycles. The zero-order chi connectivity index (χ0) is 10.3. The van der Waals surface area contributed by atoms with Crippen molar-refractivity contribution < 1.29 is 9.53 Å². The average Bonchev–Trinajstić information content (AvgIpc) is 2.92. The second-order valence-corrected chi connectivity index (χ2v) is 4.28. The first-order chi connectivity index (χ1) is 7.31. The minimum atomic E-state index is -0.268. The molecule has 2 nitrogen and oxygen atoms in total. The van der Waals surface area contributed by atoms with Crippen molar-refractivity contribution in [3.8, 4) is 0 Å². The highest BCUT2D eigenvalue weighted by molar-refractivity contribution is 5.86. The zero-order valence-electron chi connectivity index (χ0n) is 8.35. The van der Waals surface area contributed by atoms with Gasteiger partial charge in [0.15, 0.2) is 0 Å². The molecular weight excluding hydrogens is 188 g/mol. The third-order valence-corrected chi connectivity index (χ3v) is 3.32. The normalized spacial score (nSPS) is 32.8. The molecule has 15 heavy (non-hydrogen) atoms. The number of rotatable bonds is 2. The summed E-state index contributed by atoms with van der Waals surface area (Å²) in [7, 11) is 0. The van der Waals surface area contributed by atoms with Crippen molar-refractivity contribution in [3.05, 3.63) is 42.0 Å². The van der Waals surface area contributed by atoms with E-state index >= 15 is 0 Å². The maximum Gasteiger partial charge on any atom is 0.316 e. The molecule has 0 radical (unpaired) electrons. The van der Waals surface area contributed by atoms with Crippen LogP contribution in [0.4, 0.5) is 0 Å². The topological polar surface area (TPSA) is 26.3 Å². The van der Waals surface area contributed by atoms with Crippen LogP contribution in [-0.4, -0.2) is 12.6 Å². The number of carbonyl (C=O) groups excluding carboxylic acids is 1. The summed E-state index contributed by atoms with van der Waals surface area (Å²) in [5, 5.41) is 0. The largest absolute Gasteiger partial charge is 0.465 e. The van der Waals surface area contributed by atoms with E-state index in [0.29, 0.717) is 12.5 Å². The van der Waals surface area contributed by atoms with Crippen LogP contribution in [0, 0.1) is 11.3 Å². The Morgan fingerprint density at radius 1 is 1.33 bits per heavy atom. The van der Waals surface area contributed by atoms with Gasteiger partial charge >= 0.3 is 5.97 Å². The Morgan fingerprint density at radius 2 is 2.13 bits per heavy atom. The lowest BCUT2D eigenvalue weighted by molar-refractivity contribution is -0.143. The molecule has 0 amide bonds. The fraction of sp³-hybridized carbons (Fsp3) is 0.308. The monoisotopic (exact) mass is 200 g/mol. The van der Waals surface area contributed by atoms with E-state index in [1.165, 1.54) is 0 Å². The average molecular weight is 200 g/mol. The SMILES string of the molecule is O=C1OC[C@@H]2C[C@]12/C=C/c1ccccc1. The van der Waals surface area contributed by atoms with Gasteiger partial charge in [-0.3, -0.25) is 4.79 Å². The molecule has 1 heterocycles. The van der Waals surface area contributed by atoms with Crippen LogP contribution < -0.4 is 0 Å². The highest BCUT2D eigenvalue weighted by Gasteiger charge is 2.64. The summed E-state index contributed by atoms with van der Waals surface area (Å²) >= 11 is 0. The van der Waals surface area contributed by atoms with Crippen LogP contribution in [0.2, 0.25) is 0 Å². The fourth-order valence-corrected chi connectivity index (χ4v) is 2.20. The summed E-state index contributed by atoms with van der Waals surface area (Å²) in [4.78, 5) is 11.5. The smallest absolute Gasteiger partial charge is 0.316 e. The van der Waals surface area contributed by atoms with Crippen molar-refractivity contribution in [2.45, 2.75) is 6.42 Å². The molecular formula is C13H12O2. The van der Waals surface area contributed by atoms with Crippen LogP contribution in [0.3, 0.4) is 0 Å². The van der Waals surface area contributed by atoms with Gasteiger partial charge in [0.25, 0.3) is 0 Å².